The van der Waals surface area contributed by atoms with Crippen LogP contribution in [0.1, 0.15) is 13.3 Å². The van der Waals surface area contributed by atoms with E-state index in [0.717, 1.165) is 19.5 Å². The summed E-state index contributed by atoms with van der Waals surface area (Å²) in [6.45, 7) is 4.76. The van der Waals surface area contributed by atoms with Crippen LogP contribution in [-0.4, -0.2) is 70.7 Å². The standard InChI is InChI=1S/C10H25N3O2S/c1-5-6-11-7-10-16(14,15)13(4)9-8-12(2)3/h11H,5-10H2,1-4H3. The molecule has 0 unspecified atom stereocenters. The molecule has 0 aromatic heterocycles. The van der Waals surface area contributed by atoms with Gasteiger partial charge in [0, 0.05) is 26.7 Å². The van der Waals surface area contributed by atoms with E-state index in [0.29, 0.717) is 13.1 Å². The van der Waals surface area contributed by atoms with E-state index in [9.17, 15) is 8.42 Å². The molecule has 1 N–H and O–H groups in total. The number of hydrogen-bond acceptors (Lipinski definition) is 4. The first-order valence-electron chi connectivity index (χ1n) is 5.69. The molecule has 0 aromatic rings. The van der Waals surface area contributed by atoms with Crippen molar-refractivity contribution in [3.05, 3.63) is 0 Å². The second-order valence-electron chi connectivity index (χ2n) is 4.19. The molecule has 0 radical (unpaired) electrons. The number of nitrogens with zero attached hydrogens (tertiary/aromatic N) is 2. The molecule has 0 amide bonds. The van der Waals surface area contributed by atoms with Crippen LogP contribution in [0.3, 0.4) is 0 Å². The van der Waals surface area contributed by atoms with Crippen molar-refractivity contribution in [3.63, 3.8) is 0 Å². The quantitative estimate of drug-likeness (QED) is 0.577. The fraction of sp³-hybridized carbons (Fsp3) is 1.00. The molecule has 0 atom stereocenters. The summed E-state index contributed by atoms with van der Waals surface area (Å²) in [5.74, 6) is 0.178. The number of hydrogen-bond donors (Lipinski definition) is 1. The summed E-state index contributed by atoms with van der Waals surface area (Å²) in [7, 11) is 2.41. The molecule has 5 nitrogen and oxygen atoms in total. The van der Waals surface area contributed by atoms with Gasteiger partial charge in [-0.3, -0.25) is 0 Å². The Morgan fingerprint density at radius 1 is 1.06 bits per heavy atom. The van der Waals surface area contributed by atoms with E-state index in [-0.39, 0.29) is 5.75 Å². The van der Waals surface area contributed by atoms with E-state index in [1.54, 1.807) is 7.05 Å². The summed E-state index contributed by atoms with van der Waals surface area (Å²) < 4.78 is 25.0. The molecule has 0 fully saturated rings. The van der Waals surface area contributed by atoms with Crippen molar-refractivity contribution in [1.82, 2.24) is 14.5 Å². The second kappa shape index (κ2) is 8.00. The molecule has 0 saturated carbocycles. The van der Waals surface area contributed by atoms with Crippen molar-refractivity contribution >= 4 is 10.0 Å². The maximum Gasteiger partial charge on any atom is 0.215 e. The van der Waals surface area contributed by atoms with Gasteiger partial charge < -0.3 is 10.2 Å². The lowest BCUT2D eigenvalue weighted by atomic mass is 10.5. The maximum absolute atomic E-state index is 11.8. The summed E-state index contributed by atoms with van der Waals surface area (Å²) in [5, 5.41) is 3.09. The zero-order valence-corrected chi connectivity index (χ0v) is 11.7. The van der Waals surface area contributed by atoms with Gasteiger partial charge in [-0.05, 0) is 27.1 Å². The molecular weight excluding hydrogens is 226 g/mol. The fourth-order valence-corrected chi connectivity index (χ4v) is 2.21. The average Bonchev–Trinajstić information content (AvgIpc) is 2.20. The maximum atomic E-state index is 11.8. The van der Waals surface area contributed by atoms with Crippen molar-refractivity contribution in [2.75, 3.05) is 53.1 Å². The first-order valence-corrected chi connectivity index (χ1v) is 7.30. The Kier molecular flexibility index (Phi) is 7.91. The highest BCUT2D eigenvalue weighted by molar-refractivity contribution is 7.89. The zero-order valence-electron chi connectivity index (χ0n) is 10.9. The van der Waals surface area contributed by atoms with Crippen LogP contribution in [0.25, 0.3) is 0 Å². The molecule has 0 bridgehead atoms. The van der Waals surface area contributed by atoms with E-state index in [4.69, 9.17) is 0 Å². The Bertz CT molecular complexity index is 265. The first-order chi connectivity index (χ1) is 7.40. The highest BCUT2D eigenvalue weighted by Gasteiger charge is 2.16. The molecule has 0 rings (SSSR count). The molecular formula is C10H25N3O2S. The summed E-state index contributed by atoms with van der Waals surface area (Å²) in [5.41, 5.74) is 0. The molecule has 0 heterocycles. The lowest BCUT2D eigenvalue weighted by molar-refractivity contribution is 0.358. The van der Waals surface area contributed by atoms with Crippen molar-refractivity contribution in [2.24, 2.45) is 0 Å². The highest BCUT2D eigenvalue weighted by Crippen LogP contribution is 1.97. The van der Waals surface area contributed by atoms with Crippen LogP contribution in [0.2, 0.25) is 0 Å². The minimum Gasteiger partial charge on any atom is -0.316 e. The van der Waals surface area contributed by atoms with Crippen LogP contribution >= 0.6 is 0 Å². The Hall–Kier alpha value is -0.170. The average molecular weight is 251 g/mol. The predicted octanol–water partition coefficient (Wildman–Crippen LogP) is -0.191. The summed E-state index contributed by atoms with van der Waals surface area (Å²) in [6, 6.07) is 0. The van der Waals surface area contributed by atoms with E-state index in [2.05, 4.69) is 12.2 Å². The highest BCUT2D eigenvalue weighted by atomic mass is 32.2. The third-order valence-corrected chi connectivity index (χ3v) is 4.15. The molecule has 98 valence electrons. The van der Waals surface area contributed by atoms with Crippen LogP contribution in [0, 0.1) is 0 Å². The third kappa shape index (κ3) is 7.16. The lowest BCUT2D eigenvalue weighted by Gasteiger charge is -2.19. The number of rotatable bonds is 9. The molecule has 0 spiro atoms. The Morgan fingerprint density at radius 2 is 1.69 bits per heavy atom. The Morgan fingerprint density at radius 3 is 2.19 bits per heavy atom. The zero-order chi connectivity index (χ0) is 12.6. The molecule has 0 aromatic carbocycles. The van der Waals surface area contributed by atoms with Gasteiger partial charge >= 0.3 is 0 Å². The third-order valence-electron chi connectivity index (χ3n) is 2.30. The van der Waals surface area contributed by atoms with Crippen LogP contribution in [0.15, 0.2) is 0 Å². The summed E-state index contributed by atoms with van der Waals surface area (Å²) in [4.78, 5) is 1.97. The second-order valence-corrected chi connectivity index (χ2v) is 6.39. The van der Waals surface area contributed by atoms with Gasteiger partial charge in [-0.15, -0.1) is 0 Å². The van der Waals surface area contributed by atoms with Crippen LogP contribution in [0.5, 0.6) is 0 Å². The SMILES string of the molecule is CCCNCCS(=O)(=O)N(C)CCN(C)C. The van der Waals surface area contributed by atoms with E-state index < -0.39 is 10.0 Å². The summed E-state index contributed by atoms with van der Waals surface area (Å²) >= 11 is 0. The minimum atomic E-state index is -3.09. The predicted molar refractivity (Wildman–Crippen MR) is 68.1 cm³/mol. The van der Waals surface area contributed by atoms with Crippen molar-refractivity contribution in [1.29, 1.82) is 0 Å². The van der Waals surface area contributed by atoms with Gasteiger partial charge in [0.25, 0.3) is 0 Å². The van der Waals surface area contributed by atoms with Crippen molar-refractivity contribution in [2.45, 2.75) is 13.3 Å². The molecule has 0 saturated heterocycles. The van der Waals surface area contributed by atoms with Crippen LogP contribution in [-0.2, 0) is 10.0 Å². The van der Waals surface area contributed by atoms with Crippen molar-refractivity contribution in [3.8, 4) is 0 Å². The molecule has 16 heavy (non-hydrogen) atoms. The van der Waals surface area contributed by atoms with Gasteiger partial charge in [-0.2, -0.15) is 0 Å². The Labute approximate surface area is 99.9 Å². The van der Waals surface area contributed by atoms with Gasteiger partial charge in [0.2, 0.25) is 10.0 Å². The topological polar surface area (TPSA) is 52.7 Å². The van der Waals surface area contributed by atoms with E-state index in [1.165, 1.54) is 4.31 Å². The van der Waals surface area contributed by atoms with Crippen LogP contribution < -0.4 is 5.32 Å². The molecule has 6 heteroatoms. The Balaban J connectivity index is 3.91. The van der Waals surface area contributed by atoms with E-state index in [1.807, 2.05) is 19.0 Å². The van der Waals surface area contributed by atoms with Gasteiger partial charge in [-0.25, -0.2) is 12.7 Å². The van der Waals surface area contributed by atoms with Gasteiger partial charge in [0.05, 0.1) is 5.75 Å². The summed E-state index contributed by atoms with van der Waals surface area (Å²) in [6.07, 6.45) is 1.02. The number of sulfonamides is 1. The molecule has 0 aliphatic heterocycles. The molecule has 0 aliphatic rings. The van der Waals surface area contributed by atoms with Crippen LogP contribution in [0.4, 0.5) is 0 Å². The van der Waals surface area contributed by atoms with Gasteiger partial charge in [0.1, 0.15) is 0 Å². The van der Waals surface area contributed by atoms with Crippen molar-refractivity contribution < 1.29 is 8.42 Å². The largest absolute Gasteiger partial charge is 0.316 e. The smallest absolute Gasteiger partial charge is 0.215 e. The van der Waals surface area contributed by atoms with Gasteiger partial charge in [0.15, 0.2) is 0 Å². The molecule has 0 aliphatic carbocycles. The normalized spacial score (nSPS) is 12.6. The monoisotopic (exact) mass is 251 g/mol. The number of nitrogens with one attached hydrogen (secondary N) is 1. The van der Waals surface area contributed by atoms with Gasteiger partial charge in [-0.1, -0.05) is 6.92 Å². The van der Waals surface area contributed by atoms with E-state index >= 15 is 0 Å². The first kappa shape index (κ1) is 15.8. The minimum absolute atomic E-state index is 0.178. The fourth-order valence-electron chi connectivity index (χ4n) is 1.14. The number of likely N-dealkylation sites (N-methyl/N-ethyl adjacent to an activating group) is 2. The lowest BCUT2D eigenvalue weighted by Crippen LogP contribution is -2.37.